The lowest BCUT2D eigenvalue weighted by molar-refractivity contribution is 1.05. The Hall–Kier alpha value is -1.42. The summed E-state index contributed by atoms with van der Waals surface area (Å²) in [5, 5.41) is 11.8. The van der Waals surface area contributed by atoms with Gasteiger partial charge in [0.15, 0.2) is 0 Å². The summed E-state index contributed by atoms with van der Waals surface area (Å²) in [5.41, 5.74) is 7.37. The van der Waals surface area contributed by atoms with Crippen LogP contribution in [0.2, 0.25) is 0 Å². The molecule has 0 aliphatic rings. The highest BCUT2D eigenvalue weighted by molar-refractivity contribution is 7.08. The molecule has 2 N–H and O–H groups in total. The van der Waals surface area contributed by atoms with Gasteiger partial charge in [-0.05, 0) is 23.6 Å². The molecule has 0 atom stereocenters. The number of anilines is 1. The first kappa shape index (κ1) is 7.24. The highest BCUT2D eigenvalue weighted by atomic mass is 32.1. The topological polar surface area (TPSA) is 51.8 Å². The van der Waals surface area contributed by atoms with Crippen molar-refractivity contribution in [2.45, 2.75) is 0 Å². The molecular formula is C8H7N3S. The molecule has 0 spiro atoms. The Labute approximate surface area is 73.9 Å². The van der Waals surface area contributed by atoms with Gasteiger partial charge in [-0.3, -0.25) is 0 Å². The third kappa shape index (κ3) is 1.29. The Morgan fingerprint density at radius 1 is 1.17 bits per heavy atom. The monoisotopic (exact) mass is 177 g/mol. The van der Waals surface area contributed by atoms with E-state index in [2.05, 4.69) is 10.2 Å². The molecule has 0 aliphatic heterocycles. The Morgan fingerprint density at radius 2 is 2.08 bits per heavy atom. The fourth-order valence-corrected chi connectivity index (χ4v) is 1.56. The highest BCUT2D eigenvalue weighted by Gasteiger charge is 1.98. The van der Waals surface area contributed by atoms with E-state index < -0.39 is 0 Å². The van der Waals surface area contributed by atoms with E-state index in [0.717, 1.165) is 11.3 Å². The first-order valence-electron chi connectivity index (χ1n) is 3.48. The van der Waals surface area contributed by atoms with Gasteiger partial charge in [0.05, 0.1) is 5.69 Å². The summed E-state index contributed by atoms with van der Waals surface area (Å²) >= 11 is 1.64. The van der Waals surface area contributed by atoms with Gasteiger partial charge in [-0.1, -0.05) is 0 Å². The van der Waals surface area contributed by atoms with Crippen molar-refractivity contribution >= 4 is 17.2 Å². The van der Waals surface area contributed by atoms with Crippen LogP contribution in [-0.4, -0.2) is 10.2 Å². The minimum absolute atomic E-state index is 0.453. The molecule has 0 saturated heterocycles. The third-order valence-corrected chi connectivity index (χ3v) is 2.19. The maximum Gasteiger partial charge on any atom is 0.146 e. The van der Waals surface area contributed by atoms with E-state index in [0.29, 0.717) is 5.82 Å². The lowest BCUT2D eigenvalue weighted by Gasteiger charge is -1.94. The Kier molecular flexibility index (Phi) is 1.75. The number of nitrogen functional groups attached to an aromatic ring is 1. The molecule has 0 unspecified atom stereocenters. The molecule has 2 heterocycles. The van der Waals surface area contributed by atoms with E-state index in [9.17, 15) is 0 Å². The second-order valence-electron chi connectivity index (χ2n) is 2.36. The first-order valence-corrected chi connectivity index (χ1v) is 4.42. The molecule has 0 bridgehead atoms. The summed E-state index contributed by atoms with van der Waals surface area (Å²) in [6, 6.07) is 5.62. The SMILES string of the molecule is Nc1ccc(-c2ccsc2)nn1. The van der Waals surface area contributed by atoms with Gasteiger partial charge in [-0.2, -0.15) is 11.3 Å². The fourth-order valence-electron chi connectivity index (χ4n) is 0.907. The zero-order chi connectivity index (χ0) is 8.39. The van der Waals surface area contributed by atoms with E-state index in [1.54, 1.807) is 17.4 Å². The molecule has 0 amide bonds. The van der Waals surface area contributed by atoms with Crippen LogP contribution in [0.5, 0.6) is 0 Å². The van der Waals surface area contributed by atoms with Crippen LogP contribution in [0.3, 0.4) is 0 Å². The van der Waals surface area contributed by atoms with Gasteiger partial charge in [0, 0.05) is 10.9 Å². The summed E-state index contributed by atoms with van der Waals surface area (Å²) in [6.07, 6.45) is 0. The molecule has 4 heteroatoms. The molecule has 0 aromatic carbocycles. The highest BCUT2D eigenvalue weighted by Crippen LogP contribution is 2.18. The maximum atomic E-state index is 5.41. The van der Waals surface area contributed by atoms with Gasteiger partial charge in [-0.15, -0.1) is 10.2 Å². The van der Waals surface area contributed by atoms with Gasteiger partial charge in [0.25, 0.3) is 0 Å². The smallest absolute Gasteiger partial charge is 0.146 e. The summed E-state index contributed by atoms with van der Waals surface area (Å²) in [6.45, 7) is 0. The lowest BCUT2D eigenvalue weighted by Crippen LogP contribution is -1.92. The van der Waals surface area contributed by atoms with E-state index in [1.165, 1.54) is 0 Å². The van der Waals surface area contributed by atoms with Crippen LogP contribution in [-0.2, 0) is 0 Å². The van der Waals surface area contributed by atoms with E-state index in [-0.39, 0.29) is 0 Å². The zero-order valence-electron chi connectivity index (χ0n) is 6.27. The van der Waals surface area contributed by atoms with Crippen LogP contribution in [0.25, 0.3) is 11.3 Å². The summed E-state index contributed by atoms with van der Waals surface area (Å²) in [4.78, 5) is 0. The van der Waals surface area contributed by atoms with Gasteiger partial charge in [0.1, 0.15) is 5.82 Å². The summed E-state index contributed by atoms with van der Waals surface area (Å²) < 4.78 is 0. The summed E-state index contributed by atoms with van der Waals surface area (Å²) in [5.74, 6) is 0.453. The maximum absolute atomic E-state index is 5.41. The minimum atomic E-state index is 0.453. The molecule has 2 rings (SSSR count). The Bertz CT molecular complexity index is 352. The van der Waals surface area contributed by atoms with Gasteiger partial charge >= 0.3 is 0 Å². The van der Waals surface area contributed by atoms with Crippen LogP contribution in [0.4, 0.5) is 5.82 Å². The number of aromatic nitrogens is 2. The van der Waals surface area contributed by atoms with Crippen molar-refractivity contribution in [2.75, 3.05) is 5.73 Å². The second kappa shape index (κ2) is 2.91. The van der Waals surface area contributed by atoms with Crippen molar-refractivity contribution in [3.05, 3.63) is 29.0 Å². The quantitative estimate of drug-likeness (QED) is 0.722. The number of rotatable bonds is 1. The van der Waals surface area contributed by atoms with Gasteiger partial charge < -0.3 is 5.73 Å². The van der Waals surface area contributed by atoms with Crippen LogP contribution in [0.15, 0.2) is 29.0 Å². The molecule has 0 saturated carbocycles. The van der Waals surface area contributed by atoms with Crippen molar-refractivity contribution in [3.63, 3.8) is 0 Å². The number of thiophene rings is 1. The largest absolute Gasteiger partial charge is 0.382 e. The van der Waals surface area contributed by atoms with Crippen LogP contribution in [0.1, 0.15) is 0 Å². The van der Waals surface area contributed by atoms with Crippen molar-refractivity contribution < 1.29 is 0 Å². The second-order valence-corrected chi connectivity index (χ2v) is 3.14. The van der Waals surface area contributed by atoms with Crippen LogP contribution in [0, 0.1) is 0 Å². The lowest BCUT2D eigenvalue weighted by atomic mass is 10.2. The predicted octanol–water partition coefficient (Wildman–Crippen LogP) is 1.79. The number of nitrogens with zero attached hydrogens (tertiary/aromatic N) is 2. The zero-order valence-corrected chi connectivity index (χ0v) is 7.08. The molecule has 2 aromatic rings. The normalized spacial score (nSPS) is 10.0. The van der Waals surface area contributed by atoms with Crippen LogP contribution < -0.4 is 5.73 Å². The molecular weight excluding hydrogens is 170 g/mol. The summed E-state index contributed by atoms with van der Waals surface area (Å²) in [7, 11) is 0. The molecule has 0 aliphatic carbocycles. The van der Waals surface area contributed by atoms with Crippen molar-refractivity contribution in [1.29, 1.82) is 0 Å². The van der Waals surface area contributed by atoms with Gasteiger partial charge in [0.2, 0.25) is 0 Å². The van der Waals surface area contributed by atoms with E-state index >= 15 is 0 Å². The van der Waals surface area contributed by atoms with Gasteiger partial charge in [-0.25, -0.2) is 0 Å². The minimum Gasteiger partial charge on any atom is -0.382 e. The number of hydrogen-bond acceptors (Lipinski definition) is 4. The standard InChI is InChI=1S/C8H7N3S/c9-8-2-1-7(10-11-8)6-3-4-12-5-6/h1-5H,(H2,9,11). The third-order valence-electron chi connectivity index (χ3n) is 1.50. The predicted molar refractivity (Wildman–Crippen MR) is 49.8 cm³/mol. The average Bonchev–Trinajstić information content (AvgIpc) is 2.58. The molecule has 0 fully saturated rings. The van der Waals surface area contributed by atoms with E-state index in [1.807, 2.05) is 22.9 Å². The fraction of sp³-hybridized carbons (Fsp3) is 0. The number of nitrogens with two attached hydrogens (primary N) is 1. The Morgan fingerprint density at radius 3 is 2.67 bits per heavy atom. The Balaban J connectivity index is 2.43. The molecule has 2 aromatic heterocycles. The molecule has 60 valence electrons. The van der Waals surface area contributed by atoms with Crippen molar-refractivity contribution in [1.82, 2.24) is 10.2 Å². The van der Waals surface area contributed by atoms with E-state index in [4.69, 9.17) is 5.73 Å². The van der Waals surface area contributed by atoms with Crippen molar-refractivity contribution in [3.8, 4) is 11.3 Å². The molecule has 0 radical (unpaired) electrons. The average molecular weight is 177 g/mol. The van der Waals surface area contributed by atoms with Crippen molar-refractivity contribution in [2.24, 2.45) is 0 Å². The number of hydrogen-bond donors (Lipinski definition) is 1. The molecule has 12 heavy (non-hydrogen) atoms. The molecule has 3 nitrogen and oxygen atoms in total. The first-order chi connectivity index (χ1) is 5.86. The van der Waals surface area contributed by atoms with Crippen LogP contribution >= 0.6 is 11.3 Å².